The van der Waals surface area contributed by atoms with Crippen LogP contribution in [0.15, 0.2) is 130 Å². The molecule has 0 saturated carbocycles. The van der Waals surface area contributed by atoms with E-state index in [1.54, 1.807) is 10.9 Å². The van der Waals surface area contributed by atoms with Gasteiger partial charge in [-0.15, -0.1) is 16.4 Å². The lowest BCUT2D eigenvalue weighted by molar-refractivity contribution is 0.301. The molecule has 4 aromatic carbocycles. The monoisotopic (exact) mass is 706 g/mol. The quantitative estimate of drug-likeness (QED) is 0.113. The molecule has 0 fully saturated rings. The average molecular weight is 708 g/mol. The Morgan fingerprint density at radius 1 is 0.870 bits per heavy atom. The third-order valence-electron chi connectivity index (χ3n) is 6.90. The number of hydrogen-bond donors (Lipinski definition) is 1. The van der Waals surface area contributed by atoms with Crippen molar-refractivity contribution in [1.82, 2.24) is 29.8 Å². The van der Waals surface area contributed by atoms with Gasteiger partial charge in [-0.25, -0.2) is 14.3 Å². The first-order chi connectivity index (χ1) is 22.6. The number of benzene rings is 4. The molecule has 0 spiro atoms. The van der Waals surface area contributed by atoms with Gasteiger partial charge >= 0.3 is 0 Å². The number of hydrazone groups is 1. The molecule has 3 heterocycles. The number of para-hydroxylation sites is 1. The third-order valence-corrected chi connectivity index (χ3v) is 8.41. The number of rotatable bonds is 10. The van der Waals surface area contributed by atoms with Crippen molar-refractivity contribution in [2.24, 2.45) is 5.10 Å². The van der Waals surface area contributed by atoms with Gasteiger partial charge in [0, 0.05) is 37.8 Å². The SMILES string of the molecule is Clc1cccc(-n2cc(COc3ccc(-c4nn(-c5ccccc5)cc4C=NNc4nc(-c5ccc(Br)cc5)cs4)cc3)nn2)c1. The van der Waals surface area contributed by atoms with Crippen LogP contribution in [0, 0.1) is 0 Å². The predicted octanol–water partition coefficient (Wildman–Crippen LogP) is 8.68. The number of aromatic nitrogens is 6. The van der Waals surface area contributed by atoms with Crippen molar-refractivity contribution in [3.05, 3.63) is 142 Å². The van der Waals surface area contributed by atoms with Crippen molar-refractivity contribution in [3.63, 3.8) is 0 Å². The Hall–Kier alpha value is -5.10. The summed E-state index contributed by atoms with van der Waals surface area (Å²) in [6, 6.07) is 33.2. The minimum atomic E-state index is 0.270. The van der Waals surface area contributed by atoms with E-state index in [0.29, 0.717) is 21.6 Å². The molecule has 0 radical (unpaired) electrons. The first kappa shape index (κ1) is 29.6. The highest BCUT2D eigenvalue weighted by atomic mass is 79.9. The van der Waals surface area contributed by atoms with Crippen LogP contribution in [0.5, 0.6) is 5.75 Å². The summed E-state index contributed by atoms with van der Waals surface area (Å²) in [5.41, 5.74) is 10.0. The van der Waals surface area contributed by atoms with Gasteiger partial charge in [-0.05, 0) is 66.7 Å². The Labute approximate surface area is 281 Å². The van der Waals surface area contributed by atoms with E-state index < -0.39 is 0 Å². The van der Waals surface area contributed by atoms with Crippen LogP contribution in [-0.2, 0) is 6.61 Å². The number of halogens is 2. The van der Waals surface area contributed by atoms with Gasteiger partial charge in [-0.2, -0.15) is 10.2 Å². The standard InChI is InChI=1S/C34H24BrClN8OS/c35-26-13-9-23(10-14-26)32-22-46-34(38-32)40-37-18-25-19-43(29-6-2-1-3-7-29)41-33(25)24-11-15-31(16-12-24)45-21-28-20-44(42-39-28)30-8-4-5-27(36)17-30/h1-20,22H,21H2,(H,38,40). The highest BCUT2D eigenvalue weighted by Crippen LogP contribution is 2.28. The molecule has 0 unspecified atom stereocenters. The van der Waals surface area contributed by atoms with Crippen LogP contribution in [0.2, 0.25) is 5.02 Å². The number of ether oxygens (including phenoxy) is 1. The number of anilines is 1. The lowest BCUT2D eigenvalue weighted by Gasteiger charge is -2.05. The fourth-order valence-corrected chi connectivity index (χ4v) is 5.75. The van der Waals surface area contributed by atoms with Crippen LogP contribution in [-0.4, -0.2) is 36.0 Å². The third kappa shape index (κ3) is 6.91. The summed E-state index contributed by atoms with van der Waals surface area (Å²) in [4.78, 5) is 4.67. The number of nitrogens with zero attached hydrogens (tertiary/aromatic N) is 7. The Kier molecular flexibility index (Phi) is 8.68. The van der Waals surface area contributed by atoms with Crippen molar-refractivity contribution in [2.75, 3.05) is 5.43 Å². The molecule has 0 bridgehead atoms. The molecule has 9 nitrogen and oxygen atoms in total. The second kappa shape index (κ2) is 13.5. The second-order valence-corrected chi connectivity index (χ2v) is 12.3. The summed E-state index contributed by atoms with van der Waals surface area (Å²) < 4.78 is 10.5. The van der Waals surface area contributed by atoms with Gasteiger partial charge < -0.3 is 4.74 Å². The van der Waals surface area contributed by atoms with Crippen LogP contribution in [0.25, 0.3) is 33.9 Å². The molecule has 7 rings (SSSR count). The molecule has 46 heavy (non-hydrogen) atoms. The van der Waals surface area contributed by atoms with E-state index in [1.165, 1.54) is 11.3 Å². The summed E-state index contributed by atoms with van der Waals surface area (Å²) in [7, 11) is 0. The molecule has 0 aliphatic heterocycles. The van der Waals surface area contributed by atoms with E-state index in [2.05, 4.69) is 41.8 Å². The van der Waals surface area contributed by atoms with Gasteiger partial charge in [0.05, 0.1) is 29.5 Å². The van der Waals surface area contributed by atoms with Crippen LogP contribution in [0.3, 0.4) is 0 Å². The zero-order valence-corrected chi connectivity index (χ0v) is 27.2. The summed E-state index contributed by atoms with van der Waals surface area (Å²) in [5.74, 6) is 0.700. The highest BCUT2D eigenvalue weighted by molar-refractivity contribution is 9.10. The summed E-state index contributed by atoms with van der Waals surface area (Å²) in [5, 5.41) is 21.1. The zero-order chi connectivity index (χ0) is 31.3. The lowest BCUT2D eigenvalue weighted by Crippen LogP contribution is -1.96. The molecule has 7 aromatic rings. The van der Waals surface area contributed by atoms with Crippen molar-refractivity contribution < 1.29 is 4.74 Å². The fourth-order valence-electron chi connectivity index (χ4n) is 4.63. The smallest absolute Gasteiger partial charge is 0.203 e. The first-order valence-corrected chi connectivity index (χ1v) is 16.2. The van der Waals surface area contributed by atoms with Gasteiger partial charge in [-0.1, -0.05) is 69.1 Å². The van der Waals surface area contributed by atoms with Gasteiger partial charge in [0.15, 0.2) is 0 Å². The molecule has 0 aliphatic rings. The first-order valence-electron chi connectivity index (χ1n) is 14.1. The van der Waals surface area contributed by atoms with Crippen LogP contribution < -0.4 is 10.2 Å². The van der Waals surface area contributed by atoms with Crippen LogP contribution in [0.4, 0.5) is 5.13 Å². The molecular weight excluding hydrogens is 684 g/mol. The normalized spacial score (nSPS) is 11.3. The van der Waals surface area contributed by atoms with Crippen molar-refractivity contribution in [2.45, 2.75) is 6.61 Å². The molecular formula is C34H24BrClN8OS. The summed E-state index contributed by atoms with van der Waals surface area (Å²) in [6.45, 7) is 0.270. The van der Waals surface area contributed by atoms with Gasteiger partial charge in [0.25, 0.3) is 0 Å². The van der Waals surface area contributed by atoms with Gasteiger partial charge in [0.1, 0.15) is 23.7 Å². The Morgan fingerprint density at radius 3 is 2.46 bits per heavy atom. The maximum atomic E-state index is 6.11. The van der Waals surface area contributed by atoms with Crippen molar-refractivity contribution in [3.8, 4) is 39.6 Å². The highest BCUT2D eigenvalue weighted by Gasteiger charge is 2.13. The fraction of sp³-hybridized carbons (Fsp3) is 0.0294. The second-order valence-electron chi connectivity index (χ2n) is 10.1. The molecule has 0 aliphatic carbocycles. The maximum Gasteiger partial charge on any atom is 0.203 e. The van der Waals surface area contributed by atoms with E-state index in [0.717, 1.165) is 43.9 Å². The van der Waals surface area contributed by atoms with E-state index in [1.807, 2.05) is 126 Å². The van der Waals surface area contributed by atoms with E-state index in [-0.39, 0.29) is 6.61 Å². The number of nitrogens with one attached hydrogen (secondary N) is 1. The van der Waals surface area contributed by atoms with Gasteiger partial charge in [-0.3, -0.25) is 5.43 Å². The van der Waals surface area contributed by atoms with Crippen molar-refractivity contribution in [1.29, 1.82) is 0 Å². The Balaban J connectivity index is 1.07. The Bertz CT molecular complexity index is 2110. The largest absolute Gasteiger partial charge is 0.487 e. The van der Waals surface area contributed by atoms with Crippen LogP contribution >= 0.6 is 38.9 Å². The average Bonchev–Trinajstić information content (AvgIpc) is 3.86. The molecule has 0 saturated heterocycles. The Morgan fingerprint density at radius 2 is 1.65 bits per heavy atom. The predicted molar refractivity (Wildman–Crippen MR) is 186 cm³/mol. The van der Waals surface area contributed by atoms with Crippen LogP contribution in [0.1, 0.15) is 11.3 Å². The molecule has 0 amide bonds. The summed E-state index contributed by atoms with van der Waals surface area (Å²) in [6.07, 6.45) is 5.54. The number of hydrogen-bond acceptors (Lipinski definition) is 8. The maximum absolute atomic E-state index is 6.11. The van der Waals surface area contributed by atoms with E-state index >= 15 is 0 Å². The molecule has 12 heteroatoms. The van der Waals surface area contributed by atoms with Crippen molar-refractivity contribution >= 4 is 50.2 Å². The molecule has 1 N–H and O–H groups in total. The zero-order valence-electron chi connectivity index (χ0n) is 24.0. The molecule has 226 valence electrons. The molecule has 3 aromatic heterocycles. The van der Waals surface area contributed by atoms with E-state index in [4.69, 9.17) is 21.4 Å². The van der Waals surface area contributed by atoms with E-state index in [9.17, 15) is 0 Å². The minimum absolute atomic E-state index is 0.270. The lowest BCUT2D eigenvalue weighted by atomic mass is 10.1. The topological polar surface area (TPSA) is 95.0 Å². The van der Waals surface area contributed by atoms with Gasteiger partial charge in [0.2, 0.25) is 5.13 Å². The minimum Gasteiger partial charge on any atom is -0.487 e. The summed E-state index contributed by atoms with van der Waals surface area (Å²) >= 11 is 11.1. The molecule has 0 atom stereocenters. The number of thiazole rings is 1.